The first kappa shape index (κ1) is 19.9. The highest BCUT2D eigenvalue weighted by atomic mass is 16.3. The van der Waals surface area contributed by atoms with Crippen molar-refractivity contribution >= 4 is 39.0 Å². The van der Waals surface area contributed by atoms with E-state index in [1.165, 1.54) is 0 Å². The van der Waals surface area contributed by atoms with Gasteiger partial charge in [-0.1, -0.05) is 84.9 Å². The molecule has 0 atom stereocenters. The van der Waals surface area contributed by atoms with E-state index in [2.05, 4.69) is 16.5 Å². The number of nitrogens with zero attached hydrogens (tertiary/aromatic N) is 6. The molecule has 0 spiro atoms. The molecule has 8 rings (SSSR count). The minimum absolute atomic E-state index is 0.446. The maximum absolute atomic E-state index is 6.42. The van der Waals surface area contributed by atoms with Crippen LogP contribution in [-0.2, 0) is 0 Å². The summed E-state index contributed by atoms with van der Waals surface area (Å²) in [4.78, 5) is 19.7. The molecule has 37 heavy (non-hydrogen) atoms. The number of hydrogen-bond donors (Lipinski definition) is 0. The third-order valence-corrected chi connectivity index (χ3v) is 6.61. The minimum Gasteiger partial charge on any atom is -0.437 e. The lowest BCUT2D eigenvalue weighted by Gasteiger charge is -2.08. The van der Waals surface area contributed by atoms with E-state index in [0.717, 1.165) is 38.6 Å². The maximum Gasteiger partial charge on any atom is 0.243 e. The molecule has 7 nitrogen and oxygen atoms in total. The van der Waals surface area contributed by atoms with Gasteiger partial charge in [-0.25, -0.2) is 14.5 Å². The maximum atomic E-state index is 6.42. The zero-order valence-electron chi connectivity index (χ0n) is 19.5. The second-order valence-corrected chi connectivity index (χ2v) is 8.84. The molecule has 7 heteroatoms. The fourth-order valence-electron chi connectivity index (χ4n) is 4.94. The topological polar surface area (TPSA) is 74.0 Å². The number of fused-ring (bicyclic) bond motifs is 7. The number of para-hydroxylation sites is 3. The van der Waals surface area contributed by atoms with E-state index >= 15 is 0 Å². The van der Waals surface area contributed by atoms with Gasteiger partial charge in [0.2, 0.25) is 17.4 Å². The fourth-order valence-corrected chi connectivity index (χ4v) is 4.94. The molecule has 0 bridgehead atoms. The lowest BCUT2D eigenvalue weighted by atomic mass is 10.2. The first-order valence-corrected chi connectivity index (χ1v) is 12.0. The van der Waals surface area contributed by atoms with Crippen molar-refractivity contribution in [3.63, 3.8) is 0 Å². The van der Waals surface area contributed by atoms with E-state index in [0.29, 0.717) is 29.1 Å². The number of furan rings is 1. The minimum atomic E-state index is 0.446. The third kappa shape index (κ3) is 2.94. The van der Waals surface area contributed by atoms with E-state index < -0.39 is 0 Å². The highest BCUT2D eigenvalue weighted by Crippen LogP contribution is 2.35. The smallest absolute Gasteiger partial charge is 0.243 e. The predicted octanol–water partition coefficient (Wildman–Crippen LogP) is 6.70. The largest absolute Gasteiger partial charge is 0.437 e. The van der Waals surface area contributed by atoms with Crippen LogP contribution in [0, 0.1) is 0 Å². The van der Waals surface area contributed by atoms with Crippen LogP contribution in [0.5, 0.6) is 0 Å². The van der Waals surface area contributed by atoms with Gasteiger partial charge in [0.1, 0.15) is 11.1 Å². The summed E-state index contributed by atoms with van der Waals surface area (Å²) in [5.74, 6) is 2.29. The molecule has 0 amide bonds. The quantitative estimate of drug-likeness (QED) is 0.283. The molecular formula is C30H18N6O. The molecule has 174 valence electrons. The van der Waals surface area contributed by atoms with Crippen LogP contribution in [0.3, 0.4) is 0 Å². The van der Waals surface area contributed by atoms with Crippen molar-refractivity contribution < 1.29 is 4.42 Å². The highest BCUT2D eigenvalue weighted by molar-refractivity contribution is 6.06. The van der Waals surface area contributed by atoms with Crippen molar-refractivity contribution in [1.82, 2.24) is 28.9 Å². The summed E-state index contributed by atoms with van der Waals surface area (Å²) in [7, 11) is 0. The molecule has 0 aliphatic heterocycles. The van der Waals surface area contributed by atoms with Crippen molar-refractivity contribution in [1.29, 1.82) is 0 Å². The summed E-state index contributed by atoms with van der Waals surface area (Å²) in [5.41, 5.74) is 6.05. The Morgan fingerprint density at radius 3 is 1.92 bits per heavy atom. The normalized spacial score (nSPS) is 11.8. The Bertz CT molecular complexity index is 1940. The van der Waals surface area contributed by atoms with Crippen LogP contribution in [0.4, 0.5) is 0 Å². The second kappa shape index (κ2) is 7.60. The number of imidazole rings is 2. The Kier molecular flexibility index (Phi) is 4.10. The van der Waals surface area contributed by atoms with Gasteiger partial charge in [0, 0.05) is 16.5 Å². The number of hydrogen-bond acceptors (Lipinski definition) is 5. The van der Waals surface area contributed by atoms with Gasteiger partial charge in [0.25, 0.3) is 0 Å². The predicted molar refractivity (Wildman–Crippen MR) is 144 cm³/mol. The van der Waals surface area contributed by atoms with Gasteiger partial charge in [-0.15, -0.1) is 0 Å². The van der Waals surface area contributed by atoms with Crippen molar-refractivity contribution in [2.75, 3.05) is 0 Å². The van der Waals surface area contributed by atoms with Crippen LogP contribution in [0.15, 0.2) is 114 Å². The summed E-state index contributed by atoms with van der Waals surface area (Å²) in [5, 5.41) is 1.00. The van der Waals surface area contributed by atoms with Crippen molar-refractivity contribution in [3.05, 3.63) is 109 Å². The Labute approximate surface area is 210 Å². The van der Waals surface area contributed by atoms with E-state index in [1.54, 1.807) is 0 Å². The summed E-state index contributed by atoms with van der Waals surface area (Å²) < 4.78 is 10.5. The molecule has 0 saturated carbocycles. The first-order valence-electron chi connectivity index (χ1n) is 12.0. The van der Waals surface area contributed by atoms with Crippen LogP contribution < -0.4 is 0 Å². The van der Waals surface area contributed by atoms with Gasteiger partial charge in [-0.05, 0) is 24.3 Å². The number of benzene rings is 4. The molecule has 0 unspecified atom stereocenters. The molecule has 4 aromatic heterocycles. The molecule has 4 heterocycles. The van der Waals surface area contributed by atoms with Gasteiger partial charge < -0.3 is 4.42 Å². The Morgan fingerprint density at radius 1 is 0.568 bits per heavy atom. The van der Waals surface area contributed by atoms with Crippen molar-refractivity contribution in [2.24, 2.45) is 0 Å². The summed E-state index contributed by atoms with van der Waals surface area (Å²) in [6.07, 6.45) is 0. The summed E-state index contributed by atoms with van der Waals surface area (Å²) in [6, 6.07) is 36.0. The van der Waals surface area contributed by atoms with Crippen LogP contribution in [0.1, 0.15) is 0 Å². The van der Waals surface area contributed by atoms with E-state index in [4.69, 9.17) is 24.4 Å². The van der Waals surface area contributed by atoms with Gasteiger partial charge in [0.15, 0.2) is 11.6 Å². The van der Waals surface area contributed by atoms with E-state index in [-0.39, 0.29) is 0 Å². The Morgan fingerprint density at radius 2 is 1.19 bits per heavy atom. The van der Waals surface area contributed by atoms with Gasteiger partial charge in [-0.2, -0.15) is 9.97 Å². The standard InChI is InChI=1S/C30H18N6O/c1-3-11-19(12-4-1)26-32-27(20-13-5-2-6-14-20)34-29(33-26)36-28-25(21-15-7-10-18-24(21)37-28)35-23-17-9-8-16-22(23)31-30(35)36/h1-18H. The zero-order chi connectivity index (χ0) is 24.3. The van der Waals surface area contributed by atoms with E-state index in [1.807, 2.05) is 102 Å². The van der Waals surface area contributed by atoms with Gasteiger partial charge >= 0.3 is 0 Å². The Hall–Kier alpha value is -5.30. The molecule has 0 radical (unpaired) electrons. The fraction of sp³-hybridized carbons (Fsp3) is 0. The summed E-state index contributed by atoms with van der Waals surface area (Å²) >= 11 is 0. The highest BCUT2D eigenvalue weighted by Gasteiger charge is 2.25. The van der Waals surface area contributed by atoms with Crippen LogP contribution in [-0.4, -0.2) is 28.9 Å². The average molecular weight is 479 g/mol. The third-order valence-electron chi connectivity index (χ3n) is 6.61. The molecule has 0 aliphatic rings. The Balaban J connectivity index is 1.52. The molecule has 8 aromatic rings. The average Bonchev–Trinajstić information content (AvgIpc) is 3.61. The van der Waals surface area contributed by atoms with Gasteiger partial charge in [0.05, 0.1) is 11.0 Å². The first-order chi connectivity index (χ1) is 18.3. The molecule has 0 saturated heterocycles. The lowest BCUT2D eigenvalue weighted by molar-refractivity contribution is 0.640. The lowest BCUT2D eigenvalue weighted by Crippen LogP contribution is -2.06. The molecule has 0 N–H and O–H groups in total. The molecule has 0 aliphatic carbocycles. The van der Waals surface area contributed by atoms with Crippen LogP contribution in [0.2, 0.25) is 0 Å². The molecular weight excluding hydrogens is 460 g/mol. The van der Waals surface area contributed by atoms with Crippen molar-refractivity contribution in [3.8, 4) is 28.7 Å². The second-order valence-electron chi connectivity index (χ2n) is 8.84. The van der Waals surface area contributed by atoms with Crippen molar-refractivity contribution in [2.45, 2.75) is 0 Å². The number of aromatic nitrogens is 6. The monoisotopic (exact) mass is 478 g/mol. The summed E-state index contributed by atoms with van der Waals surface area (Å²) in [6.45, 7) is 0. The van der Waals surface area contributed by atoms with Gasteiger partial charge in [-0.3, -0.25) is 4.40 Å². The number of rotatable bonds is 3. The van der Waals surface area contributed by atoms with E-state index in [9.17, 15) is 0 Å². The zero-order valence-corrected chi connectivity index (χ0v) is 19.5. The molecule has 0 fully saturated rings. The van der Waals surface area contributed by atoms with Crippen LogP contribution in [0.25, 0.3) is 67.7 Å². The SMILES string of the molecule is c1ccc(-c2nc(-c3ccccc3)nc(-n3c4oc5ccccc5c4n4c5ccccc5nc34)n2)cc1. The van der Waals surface area contributed by atoms with Crippen LogP contribution >= 0.6 is 0 Å². The molecule has 4 aromatic carbocycles.